The molecule has 0 saturated carbocycles. The Bertz CT molecular complexity index is 407. The Hall–Kier alpha value is -1.42. The summed E-state index contributed by atoms with van der Waals surface area (Å²) in [7, 11) is 0. The Balaban J connectivity index is 0.00000144. The lowest BCUT2D eigenvalue weighted by Gasteiger charge is -2.34. The zero-order valence-corrected chi connectivity index (χ0v) is 10.3. The Kier molecular flexibility index (Phi) is 4.23. The van der Waals surface area contributed by atoms with Crippen molar-refractivity contribution in [3.05, 3.63) is 24.3 Å². The maximum Gasteiger partial charge on any atom is 0.351 e. The summed E-state index contributed by atoms with van der Waals surface area (Å²) in [5.41, 5.74) is -1.23. The standard InChI is InChI=1S/C12H14O4.ClH/c1-2-7-12(11(13)14)8-15-9-5-3-4-6-10(9)16-12;/h3-6H,2,7-8H2,1H3,(H,13,14);1H. The van der Waals surface area contributed by atoms with E-state index in [4.69, 9.17) is 9.47 Å². The first-order valence-corrected chi connectivity index (χ1v) is 5.32. The van der Waals surface area contributed by atoms with Crippen molar-refractivity contribution in [2.45, 2.75) is 25.4 Å². The molecule has 0 fully saturated rings. The van der Waals surface area contributed by atoms with Crippen LogP contribution < -0.4 is 9.47 Å². The first-order chi connectivity index (χ1) is 7.68. The summed E-state index contributed by atoms with van der Waals surface area (Å²) in [6, 6.07) is 7.12. The van der Waals surface area contributed by atoms with Crippen molar-refractivity contribution in [2.75, 3.05) is 6.61 Å². The number of carboxylic acid groups (broad SMARTS) is 1. The van der Waals surface area contributed by atoms with Crippen molar-refractivity contribution in [3.63, 3.8) is 0 Å². The highest BCUT2D eigenvalue weighted by Gasteiger charge is 2.44. The molecule has 0 aliphatic carbocycles. The van der Waals surface area contributed by atoms with Gasteiger partial charge in [-0.15, -0.1) is 12.4 Å². The van der Waals surface area contributed by atoms with Crippen molar-refractivity contribution >= 4 is 18.4 Å². The van der Waals surface area contributed by atoms with Crippen molar-refractivity contribution in [1.82, 2.24) is 0 Å². The number of hydrogen-bond acceptors (Lipinski definition) is 3. The molecule has 1 heterocycles. The molecule has 1 aliphatic heterocycles. The van der Waals surface area contributed by atoms with E-state index in [-0.39, 0.29) is 19.0 Å². The number of hydrogen-bond donors (Lipinski definition) is 1. The molecule has 0 bridgehead atoms. The highest BCUT2D eigenvalue weighted by Crippen LogP contribution is 2.36. The van der Waals surface area contributed by atoms with Gasteiger partial charge in [-0.3, -0.25) is 0 Å². The number of halogens is 1. The highest BCUT2D eigenvalue weighted by molar-refractivity contribution is 5.85. The SMILES string of the molecule is CCCC1(C(=O)O)COc2ccccc2O1.Cl. The molecular weight excluding hydrogens is 244 g/mol. The summed E-state index contributed by atoms with van der Waals surface area (Å²) >= 11 is 0. The Morgan fingerprint density at radius 3 is 2.65 bits per heavy atom. The van der Waals surface area contributed by atoms with Gasteiger partial charge >= 0.3 is 5.97 Å². The molecule has 0 saturated heterocycles. The third-order valence-corrected chi connectivity index (χ3v) is 2.66. The van der Waals surface area contributed by atoms with Gasteiger partial charge in [-0.05, 0) is 12.1 Å². The van der Waals surface area contributed by atoms with E-state index in [9.17, 15) is 9.90 Å². The summed E-state index contributed by atoms with van der Waals surface area (Å²) in [5.74, 6) is 0.143. The normalized spacial score (nSPS) is 21.5. The van der Waals surface area contributed by atoms with Crippen LogP contribution in [-0.4, -0.2) is 23.3 Å². The number of aliphatic carboxylic acids is 1. The topological polar surface area (TPSA) is 55.8 Å². The van der Waals surface area contributed by atoms with Crippen LogP contribution in [-0.2, 0) is 4.79 Å². The minimum absolute atomic E-state index is 0. The Morgan fingerprint density at radius 2 is 2.06 bits per heavy atom. The van der Waals surface area contributed by atoms with Gasteiger partial charge in [-0.2, -0.15) is 0 Å². The third kappa shape index (κ3) is 2.47. The van der Waals surface area contributed by atoms with E-state index in [0.29, 0.717) is 17.9 Å². The predicted octanol–water partition coefficient (Wildman–Crippen LogP) is 2.50. The summed E-state index contributed by atoms with van der Waals surface area (Å²) in [6.07, 6.45) is 1.18. The molecular formula is C12H15ClO4. The first-order valence-electron chi connectivity index (χ1n) is 5.32. The van der Waals surface area contributed by atoms with Crippen LogP contribution in [0.2, 0.25) is 0 Å². The number of fused-ring (bicyclic) bond motifs is 1. The summed E-state index contributed by atoms with van der Waals surface area (Å²) in [4.78, 5) is 11.3. The van der Waals surface area contributed by atoms with Crippen LogP contribution in [0, 0.1) is 0 Å². The molecule has 1 N–H and O–H groups in total. The first kappa shape index (κ1) is 13.6. The van der Waals surface area contributed by atoms with E-state index < -0.39 is 11.6 Å². The number of ether oxygens (including phenoxy) is 2. The molecule has 0 spiro atoms. The van der Waals surface area contributed by atoms with Crippen LogP contribution in [0.15, 0.2) is 24.3 Å². The lowest BCUT2D eigenvalue weighted by molar-refractivity contribution is -0.161. The largest absolute Gasteiger partial charge is 0.485 e. The highest BCUT2D eigenvalue weighted by atomic mass is 35.5. The molecule has 94 valence electrons. The minimum atomic E-state index is -1.23. The van der Waals surface area contributed by atoms with Crippen molar-refractivity contribution < 1.29 is 19.4 Å². The lowest BCUT2D eigenvalue weighted by Crippen LogP contribution is -2.51. The van der Waals surface area contributed by atoms with E-state index >= 15 is 0 Å². The van der Waals surface area contributed by atoms with Crippen LogP contribution in [0.25, 0.3) is 0 Å². The second kappa shape index (κ2) is 5.27. The molecule has 0 amide bonds. The van der Waals surface area contributed by atoms with Crippen molar-refractivity contribution in [1.29, 1.82) is 0 Å². The quantitative estimate of drug-likeness (QED) is 0.905. The van der Waals surface area contributed by atoms with Gasteiger partial charge in [0, 0.05) is 6.42 Å². The van der Waals surface area contributed by atoms with Gasteiger partial charge in [-0.1, -0.05) is 25.5 Å². The summed E-state index contributed by atoms with van der Waals surface area (Å²) in [5, 5.41) is 9.24. The van der Waals surface area contributed by atoms with Crippen LogP contribution in [0.4, 0.5) is 0 Å². The van der Waals surface area contributed by atoms with Crippen LogP contribution in [0.3, 0.4) is 0 Å². The molecule has 2 rings (SSSR count). The molecule has 1 aliphatic rings. The predicted molar refractivity (Wildman–Crippen MR) is 65.1 cm³/mol. The van der Waals surface area contributed by atoms with E-state index in [1.807, 2.05) is 13.0 Å². The van der Waals surface area contributed by atoms with Gasteiger partial charge in [-0.25, -0.2) is 4.79 Å². The number of benzene rings is 1. The van der Waals surface area contributed by atoms with E-state index in [0.717, 1.165) is 6.42 Å². The van der Waals surface area contributed by atoms with Gasteiger partial charge in [0.1, 0.15) is 6.61 Å². The number of para-hydroxylation sites is 2. The molecule has 5 heteroatoms. The van der Waals surface area contributed by atoms with Gasteiger partial charge < -0.3 is 14.6 Å². The molecule has 1 atom stereocenters. The van der Waals surface area contributed by atoms with E-state index in [1.54, 1.807) is 18.2 Å². The molecule has 1 aromatic carbocycles. The zero-order valence-electron chi connectivity index (χ0n) is 9.51. The van der Waals surface area contributed by atoms with Crippen molar-refractivity contribution in [3.8, 4) is 11.5 Å². The second-order valence-electron chi connectivity index (χ2n) is 3.89. The van der Waals surface area contributed by atoms with E-state index in [2.05, 4.69) is 0 Å². The monoisotopic (exact) mass is 258 g/mol. The molecule has 1 unspecified atom stereocenters. The molecule has 4 nitrogen and oxygen atoms in total. The van der Waals surface area contributed by atoms with Crippen LogP contribution in [0.1, 0.15) is 19.8 Å². The summed E-state index contributed by atoms with van der Waals surface area (Å²) < 4.78 is 11.0. The third-order valence-electron chi connectivity index (χ3n) is 2.66. The molecule has 0 radical (unpaired) electrons. The Morgan fingerprint density at radius 1 is 1.41 bits per heavy atom. The maximum absolute atomic E-state index is 11.3. The fourth-order valence-corrected chi connectivity index (χ4v) is 1.83. The van der Waals surface area contributed by atoms with Crippen LogP contribution >= 0.6 is 12.4 Å². The van der Waals surface area contributed by atoms with Gasteiger partial charge in [0.2, 0.25) is 5.60 Å². The van der Waals surface area contributed by atoms with E-state index in [1.165, 1.54) is 0 Å². The number of rotatable bonds is 3. The smallest absolute Gasteiger partial charge is 0.351 e. The van der Waals surface area contributed by atoms with Crippen molar-refractivity contribution in [2.24, 2.45) is 0 Å². The average Bonchev–Trinajstić information content (AvgIpc) is 2.29. The Labute approximate surface area is 106 Å². The maximum atomic E-state index is 11.3. The van der Waals surface area contributed by atoms with Gasteiger partial charge in [0.25, 0.3) is 0 Å². The van der Waals surface area contributed by atoms with Crippen LogP contribution in [0.5, 0.6) is 11.5 Å². The summed E-state index contributed by atoms with van der Waals surface area (Å²) in [6.45, 7) is 1.99. The average molecular weight is 259 g/mol. The van der Waals surface area contributed by atoms with Gasteiger partial charge in [0.15, 0.2) is 11.5 Å². The molecule has 17 heavy (non-hydrogen) atoms. The molecule has 1 aromatic rings. The van der Waals surface area contributed by atoms with Gasteiger partial charge in [0.05, 0.1) is 0 Å². The minimum Gasteiger partial charge on any atom is -0.485 e. The second-order valence-corrected chi connectivity index (χ2v) is 3.89. The zero-order chi connectivity index (χ0) is 11.6. The molecule has 0 aromatic heterocycles. The lowest BCUT2D eigenvalue weighted by atomic mass is 9.98. The fourth-order valence-electron chi connectivity index (χ4n) is 1.83. The fraction of sp³-hybridized carbons (Fsp3) is 0.417. The number of carboxylic acids is 1. The number of carbonyl (C=O) groups is 1.